The summed E-state index contributed by atoms with van der Waals surface area (Å²) in [5.74, 6) is 0.657. The molecule has 0 unspecified atom stereocenters. The quantitative estimate of drug-likeness (QED) is 0.565. The highest BCUT2D eigenvalue weighted by molar-refractivity contribution is 6.74. The molecule has 0 bridgehead atoms. The van der Waals surface area contributed by atoms with E-state index in [1.165, 1.54) is 0 Å². The van der Waals surface area contributed by atoms with Gasteiger partial charge < -0.3 is 28.5 Å². The highest BCUT2D eigenvalue weighted by Crippen LogP contribution is 2.48. The van der Waals surface area contributed by atoms with Crippen LogP contribution in [0.5, 0.6) is 17.2 Å². The number of aromatic hydroxyl groups is 1. The first-order valence-electron chi connectivity index (χ1n) is 10.7. The molecule has 2 atom stereocenters. The van der Waals surface area contributed by atoms with Crippen molar-refractivity contribution >= 4 is 19.1 Å². The molecule has 31 heavy (non-hydrogen) atoms. The predicted octanol–water partition coefficient (Wildman–Crippen LogP) is 5.78. The molecule has 0 spiro atoms. The topological polar surface area (TPSA) is 66.4 Å². The van der Waals surface area contributed by atoms with Crippen LogP contribution >= 0.6 is 0 Å². The second-order valence-corrected chi connectivity index (χ2v) is 14.8. The van der Waals surface area contributed by atoms with Crippen LogP contribution in [0.15, 0.2) is 24.3 Å². The Morgan fingerprint density at radius 2 is 1.68 bits per heavy atom. The number of hydrogen-bond donors (Lipinski definition) is 1. The summed E-state index contributed by atoms with van der Waals surface area (Å²) in [5.41, 5.74) is 0.662. The van der Waals surface area contributed by atoms with Crippen molar-refractivity contribution in [3.8, 4) is 17.2 Å². The third kappa shape index (κ3) is 4.55. The maximum absolute atomic E-state index is 11.4. The van der Waals surface area contributed by atoms with Crippen molar-refractivity contribution in [3.05, 3.63) is 29.8 Å². The van der Waals surface area contributed by atoms with Crippen LogP contribution in [0.4, 0.5) is 0 Å². The number of rotatable bonds is 6. The van der Waals surface area contributed by atoms with Gasteiger partial charge in [-0.15, -0.1) is 0 Å². The number of fused-ring (bicyclic) bond motifs is 1. The molecule has 172 valence electrons. The van der Waals surface area contributed by atoms with Crippen LogP contribution in [0.2, 0.25) is 18.1 Å². The summed E-state index contributed by atoms with van der Waals surface area (Å²) in [4.78, 5) is 0. The number of phenolic OH excluding ortho intramolecular Hbond substituents is 1. The molecule has 2 aromatic rings. The van der Waals surface area contributed by atoms with Crippen molar-refractivity contribution in [2.45, 2.75) is 70.7 Å². The van der Waals surface area contributed by atoms with E-state index in [1.54, 1.807) is 20.3 Å². The molecule has 0 amide bonds. The van der Waals surface area contributed by atoms with Gasteiger partial charge in [-0.2, -0.15) is 0 Å². The number of hydrogen-bond acceptors (Lipinski definition) is 6. The molecule has 1 heterocycles. The summed E-state index contributed by atoms with van der Waals surface area (Å²) in [6, 6.07) is 7.47. The molecule has 3 rings (SSSR count). The minimum atomic E-state index is -2.20. The molecule has 1 aliphatic heterocycles. The Hall–Kier alpha value is -1.80. The summed E-state index contributed by atoms with van der Waals surface area (Å²) in [6.07, 6.45) is -0.827. The van der Waals surface area contributed by atoms with Crippen LogP contribution in [-0.4, -0.2) is 46.1 Å². The van der Waals surface area contributed by atoms with Crippen LogP contribution in [0.3, 0.4) is 0 Å². The van der Waals surface area contributed by atoms with Crippen molar-refractivity contribution in [1.82, 2.24) is 0 Å². The van der Waals surface area contributed by atoms with Gasteiger partial charge >= 0.3 is 0 Å². The van der Waals surface area contributed by atoms with E-state index in [9.17, 15) is 5.11 Å². The van der Waals surface area contributed by atoms with Gasteiger partial charge in [0.05, 0.1) is 26.2 Å². The second-order valence-electron chi connectivity index (χ2n) is 10.1. The lowest BCUT2D eigenvalue weighted by Gasteiger charge is -2.41. The van der Waals surface area contributed by atoms with Crippen LogP contribution in [0.25, 0.3) is 10.8 Å². The first-order chi connectivity index (χ1) is 14.3. The number of benzene rings is 2. The summed E-state index contributed by atoms with van der Waals surface area (Å²) < 4.78 is 29.9. The Bertz CT molecular complexity index is 947. The van der Waals surface area contributed by atoms with E-state index in [4.69, 9.17) is 23.4 Å². The molecule has 1 fully saturated rings. The predicted molar refractivity (Wildman–Crippen MR) is 125 cm³/mol. The Morgan fingerprint density at radius 3 is 2.19 bits per heavy atom. The lowest BCUT2D eigenvalue weighted by molar-refractivity contribution is -0.150. The van der Waals surface area contributed by atoms with Gasteiger partial charge in [-0.25, -0.2) is 0 Å². The lowest BCUT2D eigenvalue weighted by Crippen LogP contribution is -2.44. The van der Waals surface area contributed by atoms with Gasteiger partial charge in [0.15, 0.2) is 14.1 Å². The molecular formula is C24H36O6Si. The Morgan fingerprint density at radius 1 is 1.06 bits per heavy atom. The summed E-state index contributed by atoms with van der Waals surface area (Å²) >= 11 is 0. The van der Waals surface area contributed by atoms with Gasteiger partial charge in [-0.3, -0.25) is 0 Å². The molecule has 7 heteroatoms. The normalized spacial score (nSPS) is 20.1. The van der Waals surface area contributed by atoms with Crippen molar-refractivity contribution in [3.63, 3.8) is 0 Å². The Labute approximate surface area is 186 Å². The molecular weight excluding hydrogens is 412 g/mol. The van der Waals surface area contributed by atoms with E-state index in [0.717, 1.165) is 5.39 Å². The highest BCUT2D eigenvalue weighted by atomic mass is 28.4. The van der Waals surface area contributed by atoms with Crippen LogP contribution in [-0.2, 0) is 13.9 Å². The number of phenols is 1. The first-order valence-corrected chi connectivity index (χ1v) is 13.6. The van der Waals surface area contributed by atoms with Gasteiger partial charge in [-0.05, 0) is 50.2 Å². The molecule has 0 aliphatic carbocycles. The summed E-state index contributed by atoms with van der Waals surface area (Å²) in [5, 5.41) is 12.8. The highest BCUT2D eigenvalue weighted by Gasteiger charge is 2.46. The van der Waals surface area contributed by atoms with Crippen LogP contribution in [0, 0.1) is 0 Å². The fourth-order valence-electron chi connectivity index (χ4n) is 3.66. The average molecular weight is 449 g/mol. The third-order valence-corrected chi connectivity index (χ3v) is 10.9. The van der Waals surface area contributed by atoms with E-state index in [0.29, 0.717) is 29.1 Å². The monoisotopic (exact) mass is 448 g/mol. The van der Waals surface area contributed by atoms with E-state index in [2.05, 4.69) is 33.9 Å². The minimum absolute atomic E-state index is 0.00634. The van der Waals surface area contributed by atoms with Crippen LogP contribution < -0.4 is 9.47 Å². The van der Waals surface area contributed by atoms with E-state index in [-0.39, 0.29) is 16.9 Å². The summed E-state index contributed by atoms with van der Waals surface area (Å²) in [7, 11) is 1.01. The lowest BCUT2D eigenvalue weighted by atomic mass is 9.98. The molecule has 0 aromatic heterocycles. The largest absolute Gasteiger partial charge is 0.507 e. The molecule has 0 radical (unpaired) electrons. The van der Waals surface area contributed by atoms with Gasteiger partial charge in [0, 0.05) is 10.9 Å². The summed E-state index contributed by atoms with van der Waals surface area (Å²) in [6.45, 7) is 15.2. The van der Waals surface area contributed by atoms with Gasteiger partial charge in [0.1, 0.15) is 29.5 Å². The molecule has 6 nitrogen and oxygen atoms in total. The molecule has 1 aliphatic rings. The SMILES string of the molecule is COc1ccc(OC)c2c(O)c([C@@H](O[Si](C)(C)C(C)(C)C)[C@H]3COC(C)(C)O3)ccc12. The molecule has 2 aromatic carbocycles. The van der Waals surface area contributed by atoms with Crippen molar-refractivity contribution in [2.24, 2.45) is 0 Å². The van der Waals surface area contributed by atoms with Gasteiger partial charge in [0.2, 0.25) is 0 Å². The fraction of sp³-hybridized carbons (Fsp3) is 0.583. The van der Waals surface area contributed by atoms with E-state index >= 15 is 0 Å². The van der Waals surface area contributed by atoms with E-state index < -0.39 is 20.2 Å². The van der Waals surface area contributed by atoms with E-state index in [1.807, 2.05) is 32.0 Å². The number of ether oxygens (including phenoxy) is 4. The van der Waals surface area contributed by atoms with Crippen molar-refractivity contribution < 1.29 is 28.5 Å². The standard InChI is InChI=1S/C24H36O6Si/c1-23(2,3)31(8,9)30-22(19-14-28-24(4,5)29-19)16-11-10-15-17(26-6)12-13-18(27-7)20(15)21(16)25/h10-13,19,22,25H,14H2,1-9H3/t19-,22-/m1/s1. The Kier molecular flexibility index (Phi) is 6.37. The second kappa shape index (κ2) is 8.28. The minimum Gasteiger partial charge on any atom is -0.507 e. The maximum atomic E-state index is 11.4. The zero-order chi connectivity index (χ0) is 23.2. The zero-order valence-electron chi connectivity index (χ0n) is 20.2. The molecule has 1 N–H and O–H groups in total. The maximum Gasteiger partial charge on any atom is 0.193 e. The fourth-order valence-corrected chi connectivity index (χ4v) is 4.93. The number of methoxy groups -OCH3 is 2. The van der Waals surface area contributed by atoms with Gasteiger partial charge in [0.25, 0.3) is 0 Å². The smallest absolute Gasteiger partial charge is 0.193 e. The average Bonchev–Trinajstić information content (AvgIpc) is 3.04. The van der Waals surface area contributed by atoms with Crippen molar-refractivity contribution in [1.29, 1.82) is 0 Å². The van der Waals surface area contributed by atoms with Crippen molar-refractivity contribution in [2.75, 3.05) is 20.8 Å². The molecule has 1 saturated heterocycles. The zero-order valence-corrected chi connectivity index (χ0v) is 21.2. The van der Waals surface area contributed by atoms with Gasteiger partial charge in [-0.1, -0.05) is 26.8 Å². The molecule has 0 saturated carbocycles. The first kappa shape index (κ1) is 23.9. The Balaban J connectivity index is 2.18. The van der Waals surface area contributed by atoms with Crippen LogP contribution in [0.1, 0.15) is 46.3 Å². The third-order valence-electron chi connectivity index (χ3n) is 6.45.